The van der Waals surface area contributed by atoms with Crippen LogP contribution in [0.2, 0.25) is 10.0 Å². The van der Waals surface area contributed by atoms with Crippen molar-refractivity contribution in [3.8, 4) is 0 Å². The van der Waals surface area contributed by atoms with E-state index in [1.54, 1.807) is 0 Å². The van der Waals surface area contributed by atoms with E-state index in [0.29, 0.717) is 10.0 Å². The van der Waals surface area contributed by atoms with Gasteiger partial charge in [-0.15, -0.1) is 0 Å². The molecule has 0 bridgehead atoms. The first-order valence-corrected chi connectivity index (χ1v) is 8.03. The number of halogens is 3. The van der Waals surface area contributed by atoms with Gasteiger partial charge in [0.2, 0.25) is 0 Å². The number of aryl methyl sites for hydroxylation is 2. The lowest BCUT2D eigenvalue weighted by molar-refractivity contribution is 0.911. The van der Waals surface area contributed by atoms with E-state index in [-0.39, 0.29) is 4.83 Å². The van der Waals surface area contributed by atoms with E-state index in [9.17, 15) is 0 Å². The van der Waals surface area contributed by atoms with Gasteiger partial charge in [0, 0.05) is 15.6 Å². The molecule has 1 unspecified atom stereocenters. The summed E-state index contributed by atoms with van der Waals surface area (Å²) in [5, 5.41) is 1.41. The van der Waals surface area contributed by atoms with Gasteiger partial charge in [0.1, 0.15) is 0 Å². The Morgan fingerprint density at radius 3 is 2.37 bits per heavy atom. The Kier molecular flexibility index (Phi) is 3.88. The zero-order chi connectivity index (χ0) is 13.4. The first-order valence-electron chi connectivity index (χ1n) is 6.36. The second-order valence-electron chi connectivity index (χ2n) is 4.88. The fourth-order valence-electron chi connectivity index (χ4n) is 2.67. The predicted octanol–water partition coefficient (Wildman–Crippen LogP) is 5.97. The lowest BCUT2D eigenvalue weighted by Gasteiger charge is -2.15. The van der Waals surface area contributed by atoms with Gasteiger partial charge in [0.05, 0.1) is 4.83 Å². The molecule has 0 nitrogen and oxygen atoms in total. The Bertz CT molecular complexity index is 602. The highest BCUT2D eigenvalue weighted by Crippen LogP contribution is 2.40. The maximum atomic E-state index is 6.28. The monoisotopic (exact) mass is 354 g/mol. The van der Waals surface area contributed by atoms with Crippen LogP contribution in [0, 0.1) is 0 Å². The standard InChI is InChI=1S/C16H13BrCl2/c17-16(15-13(18)5-2-6-14(15)19)12-8-7-10-3-1-4-11(10)9-12/h2,5-9,16H,1,3-4H2. The fourth-order valence-corrected chi connectivity index (χ4v) is 4.33. The van der Waals surface area contributed by atoms with Crippen molar-refractivity contribution in [2.45, 2.75) is 24.1 Å². The first kappa shape index (κ1) is 13.5. The van der Waals surface area contributed by atoms with E-state index >= 15 is 0 Å². The number of alkyl halides is 1. The minimum absolute atomic E-state index is 0.0413. The van der Waals surface area contributed by atoms with Gasteiger partial charge < -0.3 is 0 Å². The minimum atomic E-state index is 0.0413. The smallest absolute Gasteiger partial charge is 0.0674 e. The largest absolute Gasteiger partial charge is 0.0839 e. The van der Waals surface area contributed by atoms with E-state index in [2.05, 4.69) is 34.1 Å². The molecular formula is C16H13BrCl2. The average Bonchev–Trinajstić information content (AvgIpc) is 2.85. The predicted molar refractivity (Wildman–Crippen MR) is 85.7 cm³/mol. The van der Waals surface area contributed by atoms with Crippen LogP contribution in [0.1, 0.15) is 33.5 Å². The zero-order valence-corrected chi connectivity index (χ0v) is 13.4. The van der Waals surface area contributed by atoms with Crippen molar-refractivity contribution in [1.82, 2.24) is 0 Å². The number of hydrogen-bond donors (Lipinski definition) is 0. The molecule has 0 fully saturated rings. The molecular weight excluding hydrogens is 343 g/mol. The van der Waals surface area contributed by atoms with E-state index in [4.69, 9.17) is 23.2 Å². The van der Waals surface area contributed by atoms with Crippen molar-refractivity contribution >= 4 is 39.1 Å². The molecule has 0 radical (unpaired) electrons. The molecule has 0 saturated heterocycles. The van der Waals surface area contributed by atoms with Gasteiger partial charge in [-0.2, -0.15) is 0 Å². The summed E-state index contributed by atoms with van der Waals surface area (Å²) in [6, 6.07) is 12.3. The molecule has 0 amide bonds. The number of hydrogen-bond acceptors (Lipinski definition) is 0. The van der Waals surface area contributed by atoms with Crippen LogP contribution in [0.4, 0.5) is 0 Å². The Morgan fingerprint density at radius 2 is 1.63 bits per heavy atom. The summed E-state index contributed by atoms with van der Waals surface area (Å²) in [7, 11) is 0. The van der Waals surface area contributed by atoms with Gasteiger partial charge >= 0.3 is 0 Å². The van der Waals surface area contributed by atoms with Gasteiger partial charge in [-0.1, -0.05) is 63.4 Å². The molecule has 2 aromatic rings. The quantitative estimate of drug-likeness (QED) is 0.582. The third kappa shape index (κ3) is 2.56. The summed E-state index contributed by atoms with van der Waals surface area (Å²) in [5.41, 5.74) is 5.11. The van der Waals surface area contributed by atoms with Crippen LogP contribution in [-0.4, -0.2) is 0 Å². The van der Waals surface area contributed by atoms with E-state index in [1.165, 1.54) is 36.0 Å². The molecule has 1 aliphatic rings. The highest BCUT2D eigenvalue weighted by atomic mass is 79.9. The first-order chi connectivity index (χ1) is 9.16. The molecule has 0 spiro atoms. The molecule has 0 saturated carbocycles. The van der Waals surface area contributed by atoms with Crippen molar-refractivity contribution in [2.75, 3.05) is 0 Å². The maximum absolute atomic E-state index is 6.28. The lowest BCUT2D eigenvalue weighted by Crippen LogP contribution is -1.97. The molecule has 1 atom stereocenters. The molecule has 0 heterocycles. The van der Waals surface area contributed by atoms with Gasteiger partial charge in [-0.05, 0) is 48.1 Å². The average molecular weight is 356 g/mol. The maximum Gasteiger partial charge on any atom is 0.0674 e. The van der Waals surface area contributed by atoms with Gasteiger partial charge in [0.25, 0.3) is 0 Å². The number of rotatable bonds is 2. The molecule has 0 aliphatic heterocycles. The summed E-state index contributed by atoms with van der Waals surface area (Å²) in [4.78, 5) is 0.0413. The second-order valence-corrected chi connectivity index (χ2v) is 6.61. The third-order valence-electron chi connectivity index (χ3n) is 3.67. The van der Waals surface area contributed by atoms with E-state index in [0.717, 1.165) is 5.56 Å². The second kappa shape index (κ2) is 5.47. The van der Waals surface area contributed by atoms with Crippen LogP contribution in [0.15, 0.2) is 36.4 Å². The highest BCUT2D eigenvalue weighted by molar-refractivity contribution is 9.09. The van der Waals surface area contributed by atoms with Crippen molar-refractivity contribution in [1.29, 1.82) is 0 Å². The summed E-state index contributed by atoms with van der Waals surface area (Å²) in [6.45, 7) is 0. The van der Waals surface area contributed by atoms with Gasteiger partial charge in [-0.3, -0.25) is 0 Å². The normalized spacial score (nSPS) is 15.3. The molecule has 0 aromatic heterocycles. The van der Waals surface area contributed by atoms with Crippen molar-refractivity contribution < 1.29 is 0 Å². The topological polar surface area (TPSA) is 0 Å². The van der Waals surface area contributed by atoms with Gasteiger partial charge in [-0.25, -0.2) is 0 Å². The Morgan fingerprint density at radius 1 is 0.947 bits per heavy atom. The summed E-state index contributed by atoms with van der Waals surface area (Å²) in [6.07, 6.45) is 3.65. The summed E-state index contributed by atoms with van der Waals surface area (Å²) < 4.78 is 0. The summed E-state index contributed by atoms with van der Waals surface area (Å²) in [5.74, 6) is 0. The SMILES string of the molecule is Clc1cccc(Cl)c1C(Br)c1ccc2c(c1)CCC2. The van der Waals surface area contributed by atoms with Crippen LogP contribution in [0.25, 0.3) is 0 Å². The van der Waals surface area contributed by atoms with Crippen LogP contribution in [0.3, 0.4) is 0 Å². The fraction of sp³-hybridized carbons (Fsp3) is 0.250. The molecule has 0 N–H and O–H groups in total. The van der Waals surface area contributed by atoms with Crippen molar-refractivity contribution in [3.63, 3.8) is 0 Å². The summed E-state index contributed by atoms with van der Waals surface area (Å²) >= 11 is 16.3. The van der Waals surface area contributed by atoms with Crippen LogP contribution in [-0.2, 0) is 12.8 Å². The number of benzene rings is 2. The Hall–Kier alpha value is -0.500. The van der Waals surface area contributed by atoms with E-state index < -0.39 is 0 Å². The minimum Gasteiger partial charge on any atom is -0.0839 e. The molecule has 98 valence electrons. The highest BCUT2D eigenvalue weighted by Gasteiger charge is 2.19. The van der Waals surface area contributed by atoms with Crippen molar-refractivity contribution in [2.24, 2.45) is 0 Å². The third-order valence-corrected chi connectivity index (χ3v) is 5.31. The van der Waals surface area contributed by atoms with Crippen molar-refractivity contribution in [3.05, 3.63) is 68.7 Å². The van der Waals surface area contributed by atoms with Crippen LogP contribution >= 0.6 is 39.1 Å². The molecule has 3 heteroatoms. The van der Waals surface area contributed by atoms with E-state index in [1.807, 2.05) is 18.2 Å². The molecule has 19 heavy (non-hydrogen) atoms. The van der Waals surface area contributed by atoms with Gasteiger partial charge in [0.15, 0.2) is 0 Å². The Balaban J connectivity index is 2.02. The Labute approximate surface area is 131 Å². The zero-order valence-electron chi connectivity index (χ0n) is 10.3. The molecule has 2 aromatic carbocycles. The molecule has 3 rings (SSSR count). The molecule has 1 aliphatic carbocycles. The van der Waals surface area contributed by atoms with Crippen LogP contribution in [0.5, 0.6) is 0 Å². The van der Waals surface area contributed by atoms with Crippen LogP contribution < -0.4 is 0 Å². The lowest BCUT2D eigenvalue weighted by atomic mass is 10.0. The number of fused-ring (bicyclic) bond motifs is 1.